The molecule has 0 fully saturated rings. The van der Waals surface area contributed by atoms with Crippen LogP contribution in [0.5, 0.6) is 0 Å². The molecule has 2 N–H and O–H groups in total. The van der Waals surface area contributed by atoms with Crippen LogP contribution >= 0.6 is 0 Å². The summed E-state index contributed by atoms with van der Waals surface area (Å²) in [5, 5.41) is 29.5. The molecule has 0 bridgehead atoms. The molecule has 0 aliphatic heterocycles. The summed E-state index contributed by atoms with van der Waals surface area (Å²) in [5.41, 5.74) is -0.185. The van der Waals surface area contributed by atoms with E-state index in [0.29, 0.717) is 6.54 Å². The van der Waals surface area contributed by atoms with Gasteiger partial charge in [0.05, 0.1) is 11.5 Å². The summed E-state index contributed by atoms with van der Waals surface area (Å²) in [6, 6.07) is 1.35. The second kappa shape index (κ2) is 7.15. The molecule has 0 radical (unpaired) electrons. The van der Waals surface area contributed by atoms with Gasteiger partial charge in [0.1, 0.15) is 12.4 Å². The van der Waals surface area contributed by atoms with Gasteiger partial charge in [0, 0.05) is 25.7 Å². The minimum absolute atomic E-state index is 0.0781. The van der Waals surface area contributed by atoms with Crippen LogP contribution in [-0.4, -0.2) is 48.0 Å². The van der Waals surface area contributed by atoms with Crippen LogP contribution in [0.25, 0.3) is 0 Å². The normalized spacial score (nSPS) is 10.4. The van der Waals surface area contributed by atoms with Crippen molar-refractivity contribution in [3.05, 3.63) is 40.5 Å². The first kappa shape index (κ1) is 16.1. The van der Waals surface area contributed by atoms with E-state index in [9.17, 15) is 19.7 Å². The molecule has 2 rings (SSSR count). The number of nitrogens with zero attached hydrogens (tertiary/aromatic N) is 5. The van der Waals surface area contributed by atoms with E-state index in [0.717, 1.165) is 6.20 Å². The van der Waals surface area contributed by atoms with E-state index in [4.69, 9.17) is 5.11 Å². The minimum atomic E-state index is -1.12. The molecule has 11 nitrogen and oxygen atoms in total. The lowest BCUT2D eigenvalue weighted by Crippen LogP contribution is -2.28. The molecule has 11 heteroatoms. The number of nitrogens with one attached hydrogen (secondary N) is 1. The molecule has 0 saturated carbocycles. The Bertz CT molecular complexity index is 721. The molecular formula is C12H14N6O5. The van der Waals surface area contributed by atoms with Crippen LogP contribution in [-0.2, 0) is 17.9 Å². The minimum Gasteiger partial charge on any atom is -0.476 e. The van der Waals surface area contributed by atoms with Gasteiger partial charge >= 0.3 is 11.7 Å². The van der Waals surface area contributed by atoms with E-state index >= 15 is 0 Å². The summed E-state index contributed by atoms with van der Waals surface area (Å²) >= 11 is 0. The number of carboxylic acid groups (broad SMARTS) is 1. The van der Waals surface area contributed by atoms with Crippen LogP contribution in [0.4, 0.5) is 5.69 Å². The third-order valence-corrected chi connectivity index (χ3v) is 2.92. The molecule has 122 valence electrons. The molecule has 2 aromatic rings. The first-order valence-corrected chi connectivity index (χ1v) is 6.66. The van der Waals surface area contributed by atoms with Crippen molar-refractivity contribution >= 4 is 17.6 Å². The molecule has 2 heterocycles. The molecule has 0 aromatic carbocycles. The lowest BCUT2D eigenvalue weighted by atomic mass is 10.4. The fraction of sp³-hybridized carbons (Fsp3) is 0.333. The summed E-state index contributed by atoms with van der Waals surface area (Å²) in [7, 11) is 0. The maximum absolute atomic E-state index is 11.7. The van der Waals surface area contributed by atoms with Gasteiger partial charge < -0.3 is 10.4 Å². The fourth-order valence-corrected chi connectivity index (χ4v) is 1.78. The van der Waals surface area contributed by atoms with Crippen molar-refractivity contribution in [3.8, 4) is 0 Å². The van der Waals surface area contributed by atoms with Crippen LogP contribution in [0.15, 0.2) is 24.7 Å². The average molecular weight is 322 g/mol. The van der Waals surface area contributed by atoms with Gasteiger partial charge in [-0.1, -0.05) is 0 Å². The Morgan fingerprint density at radius 3 is 2.74 bits per heavy atom. The highest BCUT2D eigenvalue weighted by molar-refractivity contribution is 5.85. The predicted molar refractivity (Wildman–Crippen MR) is 75.7 cm³/mol. The molecular weight excluding hydrogens is 308 g/mol. The third kappa shape index (κ3) is 4.62. The van der Waals surface area contributed by atoms with E-state index < -0.39 is 10.9 Å². The summed E-state index contributed by atoms with van der Waals surface area (Å²) in [6.07, 6.45) is 4.04. The van der Waals surface area contributed by atoms with E-state index in [2.05, 4.69) is 15.5 Å². The number of carbonyl (C=O) groups excluding carboxylic acids is 1. The summed E-state index contributed by atoms with van der Waals surface area (Å²) in [6.45, 7) is 0.841. The molecule has 0 saturated heterocycles. The number of carboxylic acids is 1. The Hall–Kier alpha value is -3.24. The monoisotopic (exact) mass is 322 g/mol. The van der Waals surface area contributed by atoms with Gasteiger partial charge in [0.25, 0.3) is 0 Å². The van der Waals surface area contributed by atoms with Crippen molar-refractivity contribution in [1.82, 2.24) is 24.9 Å². The van der Waals surface area contributed by atoms with E-state index in [1.165, 1.54) is 27.8 Å². The first-order valence-electron chi connectivity index (χ1n) is 6.66. The van der Waals surface area contributed by atoms with Gasteiger partial charge in [-0.3, -0.25) is 24.3 Å². The van der Waals surface area contributed by atoms with Crippen LogP contribution in [0.2, 0.25) is 0 Å². The molecule has 0 spiro atoms. The fourth-order valence-electron chi connectivity index (χ4n) is 1.78. The predicted octanol–water partition coefficient (Wildman–Crippen LogP) is -0.107. The number of rotatable bonds is 8. The number of hydrogen-bond donors (Lipinski definition) is 2. The number of hydrogen-bond acceptors (Lipinski definition) is 6. The van der Waals surface area contributed by atoms with Crippen LogP contribution in [0.1, 0.15) is 16.9 Å². The third-order valence-electron chi connectivity index (χ3n) is 2.92. The molecule has 0 aliphatic rings. The maximum Gasteiger partial charge on any atom is 0.356 e. The largest absolute Gasteiger partial charge is 0.476 e. The zero-order valence-corrected chi connectivity index (χ0v) is 12.0. The molecule has 0 aliphatic carbocycles. The lowest BCUT2D eigenvalue weighted by Gasteiger charge is -2.05. The van der Waals surface area contributed by atoms with E-state index in [1.807, 2.05) is 0 Å². The smallest absolute Gasteiger partial charge is 0.356 e. The molecule has 0 atom stereocenters. The quantitative estimate of drug-likeness (QED) is 0.509. The second-order valence-corrected chi connectivity index (χ2v) is 4.59. The van der Waals surface area contributed by atoms with Crippen molar-refractivity contribution in [3.63, 3.8) is 0 Å². The van der Waals surface area contributed by atoms with Gasteiger partial charge in [0.2, 0.25) is 5.91 Å². The standard InChI is InChI=1S/C12H14N6O5/c19-11(2-5-16-4-1-10(15-16)12(20)21)13-3-6-17-8-9(7-14-17)18(22)23/h1,4,7-8H,2-3,5-6H2,(H,13,19)(H,20,21). The molecule has 1 amide bonds. The highest BCUT2D eigenvalue weighted by atomic mass is 16.6. The van der Waals surface area contributed by atoms with Crippen molar-refractivity contribution < 1.29 is 19.6 Å². The number of aryl methyl sites for hydroxylation is 1. The Labute approximate surface area is 129 Å². The number of aromatic nitrogens is 4. The van der Waals surface area contributed by atoms with Gasteiger partial charge in [-0.15, -0.1) is 0 Å². The highest BCUT2D eigenvalue weighted by Gasteiger charge is 2.09. The Balaban J connectivity index is 1.70. The van der Waals surface area contributed by atoms with Gasteiger partial charge in [-0.05, 0) is 6.07 Å². The number of amides is 1. The SMILES string of the molecule is O=C(CCn1ccc(C(=O)O)n1)NCCn1cc([N+](=O)[O-])cn1. The van der Waals surface area contributed by atoms with Gasteiger partial charge in [0.15, 0.2) is 5.69 Å². The summed E-state index contributed by atoms with van der Waals surface area (Å²) < 4.78 is 2.74. The Morgan fingerprint density at radius 1 is 1.35 bits per heavy atom. The molecule has 23 heavy (non-hydrogen) atoms. The van der Waals surface area contributed by atoms with Crippen molar-refractivity contribution in [2.45, 2.75) is 19.5 Å². The van der Waals surface area contributed by atoms with Gasteiger partial charge in [-0.2, -0.15) is 10.2 Å². The number of carbonyl (C=O) groups is 2. The second-order valence-electron chi connectivity index (χ2n) is 4.59. The van der Waals surface area contributed by atoms with E-state index in [-0.39, 0.29) is 36.8 Å². The topological polar surface area (TPSA) is 145 Å². The maximum atomic E-state index is 11.7. The lowest BCUT2D eigenvalue weighted by molar-refractivity contribution is -0.385. The summed E-state index contributed by atoms with van der Waals surface area (Å²) in [5.74, 6) is -1.36. The van der Waals surface area contributed by atoms with E-state index in [1.54, 1.807) is 0 Å². The zero-order valence-electron chi connectivity index (χ0n) is 12.0. The van der Waals surface area contributed by atoms with Gasteiger partial charge in [-0.25, -0.2) is 4.79 Å². The zero-order chi connectivity index (χ0) is 16.8. The van der Waals surface area contributed by atoms with Crippen molar-refractivity contribution in [1.29, 1.82) is 0 Å². The Morgan fingerprint density at radius 2 is 2.13 bits per heavy atom. The van der Waals surface area contributed by atoms with Crippen molar-refractivity contribution in [2.75, 3.05) is 6.54 Å². The molecule has 2 aromatic heterocycles. The number of aromatic carboxylic acids is 1. The average Bonchev–Trinajstić information content (AvgIpc) is 3.14. The first-order chi connectivity index (χ1) is 11.0. The van der Waals surface area contributed by atoms with Crippen LogP contribution in [0.3, 0.4) is 0 Å². The summed E-state index contributed by atoms with van der Waals surface area (Å²) in [4.78, 5) is 32.3. The van der Waals surface area contributed by atoms with Crippen LogP contribution < -0.4 is 5.32 Å². The number of nitro groups is 1. The molecule has 0 unspecified atom stereocenters. The highest BCUT2D eigenvalue weighted by Crippen LogP contribution is 2.07. The van der Waals surface area contributed by atoms with Crippen molar-refractivity contribution in [2.24, 2.45) is 0 Å². The Kier molecular flexibility index (Phi) is 5.02. The van der Waals surface area contributed by atoms with Crippen LogP contribution in [0, 0.1) is 10.1 Å².